The second-order valence-electron chi connectivity index (χ2n) is 5.51. The molecule has 110 valence electrons. The number of hydrogen-bond donors (Lipinski definition) is 1. The van der Waals surface area contributed by atoms with Crippen LogP contribution in [-0.2, 0) is 4.74 Å². The van der Waals surface area contributed by atoms with Crippen LogP contribution in [0.1, 0.15) is 24.2 Å². The number of pyridine rings is 1. The van der Waals surface area contributed by atoms with Crippen LogP contribution in [0.4, 0.5) is 5.69 Å². The minimum atomic E-state index is -0.928. The molecule has 1 saturated heterocycles. The lowest BCUT2D eigenvalue weighted by Gasteiger charge is -2.40. The van der Waals surface area contributed by atoms with Crippen molar-refractivity contribution in [3.8, 4) is 0 Å². The fourth-order valence-electron chi connectivity index (χ4n) is 2.99. The molecule has 0 amide bonds. The normalized spacial score (nSPS) is 22.5. The number of fused-ring (bicyclic) bond motifs is 1. The average Bonchev–Trinajstić information content (AvgIpc) is 2.46. The number of carbonyl (C=O) groups is 1. The summed E-state index contributed by atoms with van der Waals surface area (Å²) in [4.78, 5) is 17.9. The molecule has 1 fully saturated rings. The Kier molecular flexibility index (Phi) is 3.51. The van der Waals surface area contributed by atoms with Gasteiger partial charge in [-0.25, -0.2) is 4.79 Å². The van der Waals surface area contributed by atoms with Gasteiger partial charge < -0.3 is 14.7 Å². The summed E-state index contributed by atoms with van der Waals surface area (Å²) in [5.74, 6) is -0.928. The van der Waals surface area contributed by atoms with Gasteiger partial charge in [-0.2, -0.15) is 0 Å². The van der Waals surface area contributed by atoms with Crippen molar-refractivity contribution >= 4 is 22.6 Å². The Hall–Kier alpha value is -2.14. The van der Waals surface area contributed by atoms with Crippen molar-refractivity contribution in [1.82, 2.24) is 4.98 Å². The molecule has 0 bridgehead atoms. The maximum atomic E-state index is 11.4. The summed E-state index contributed by atoms with van der Waals surface area (Å²) in [7, 11) is 0. The van der Waals surface area contributed by atoms with E-state index in [2.05, 4.69) is 23.7 Å². The number of carboxylic acid groups (broad SMARTS) is 1. The van der Waals surface area contributed by atoms with Crippen LogP contribution in [0.5, 0.6) is 0 Å². The fraction of sp³-hybridized carbons (Fsp3) is 0.375. The molecule has 0 radical (unpaired) electrons. The van der Waals surface area contributed by atoms with E-state index in [9.17, 15) is 9.90 Å². The molecule has 1 aromatic heterocycles. The first-order valence-corrected chi connectivity index (χ1v) is 7.06. The average molecular weight is 286 g/mol. The predicted molar refractivity (Wildman–Crippen MR) is 80.9 cm³/mol. The van der Waals surface area contributed by atoms with Gasteiger partial charge in [0.25, 0.3) is 0 Å². The topological polar surface area (TPSA) is 62.7 Å². The van der Waals surface area contributed by atoms with Gasteiger partial charge in [0, 0.05) is 29.4 Å². The highest BCUT2D eigenvalue weighted by Crippen LogP contribution is 2.28. The molecule has 1 N–H and O–H groups in total. The highest BCUT2D eigenvalue weighted by atomic mass is 16.5. The van der Waals surface area contributed by atoms with Crippen molar-refractivity contribution in [3.05, 3.63) is 36.0 Å². The molecule has 1 aliphatic rings. The van der Waals surface area contributed by atoms with Gasteiger partial charge in [0.1, 0.15) is 0 Å². The Bertz CT molecular complexity index is 676. The molecule has 2 heterocycles. The van der Waals surface area contributed by atoms with E-state index >= 15 is 0 Å². The molecule has 0 unspecified atom stereocenters. The molecule has 5 nitrogen and oxygen atoms in total. The zero-order valence-corrected chi connectivity index (χ0v) is 12.1. The third-order valence-electron chi connectivity index (χ3n) is 3.92. The van der Waals surface area contributed by atoms with Crippen molar-refractivity contribution in [1.29, 1.82) is 0 Å². The summed E-state index contributed by atoms with van der Waals surface area (Å²) in [6.07, 6.45) is 1.53. The second-order valence-corrected chi connectivity index (χ2v) is 5.51. The molecule has 0 aliphatic carbocycles. The molecule has 2 atom stereocenters. The van der Waals surface area contributed by atoms with Gasteiger partial charge in [0.15, 0.2) is 0 Å². The first kappa shape index (κ1) is 13.8. The van der Waals surface area contributed by atoms with Crippen molar-refractivity contribution in [3.63, 3.8) is 0 Å². The molecule has 3 rings (SSSR count). The Balaban J connectivity index is 2.11. The summed E-state index contributed by atoms with van der Waals surface area (Å²) in [6.45, 7) is 5.59. The number of ether oxygens (including phenoxy) is 1. The molecular weight excluding hydrogens is 268 g/mol. The number of aromatic nitrogens is 1. The SMILES string of the molecule is C[C@@H]1COC[C@H](C)N1c1ccc2nccc(C(=O)O)c2c1. The van der Waals surface area contributed by atoms with E-state index < -0.39 is 5.97 Å². The fourth-order valence-corrected chi connectivity index (χ4v) is 2.99. The number of rotatable bonds is 2. The first-order valence-electron chi connectivity index (χ1n) is 7.06. The summed E-state index contributed by atoms with van der Waals surface area (Å²) >= 11 is 0. The summed E-state index contributed by atoms with van der Waals surface area (Å²) in [6, 6.07) is 7.86. The number of hydrogen-bond acceptors (Lipinski definition) is 4. The van der Waals surface area contributed by atoms with E-state index in [-0.39, 0.29) is 17.6 Å². The maximum Gasteiger partial charge on any atom is 0.336 e. The van der Waals surface area contributed by atoms with Gasteiger partial charge >= 0.3 is 5.97 Å². The van der Waals surface area contributed by atoms with Gasteiger partial charge in [-0.05, 0) is 38.1 Å². The highest BCUT2D eigenvalue weighted by Gasteiger charge is 2.26. The monoisotopic (exact) mass is 286 g/mol. The van der Waals surface area contributed by atoms with Crippen LogP contribution in [0, 0.1) is 0 Å². The van der Waals surface area contributed by atoms with E-state index in [1.54, 1.807) is 6.07 Å². The van der Waals surface area contributed by atoms with Crippen molar-refractivity contribution in [2.45, 2.75) is 25.9 Å². The van der Waals surface area contributed by atoms with E-state index in [4.69, 9.17) is 4.74 Å². The summed E-state index contributed by atoms with van der Waals surface area (Å²) in [5.41, 5.74) is 2.00. The van der Waals surface area contributed by atoms with Crippen LogP contribution < -0.4 is 4.90 Å². The number of aromatic carboxylic acids is 1. The van der Waals surface area contributed by atoms with Crippen molar-refractivity contribution in [2.75, 3.05) is 18.1 Å². The van der Waals surface area contributed by atoms with Crippen LogP contribution in [0.2, 0.25) is 0 Å². The Morgan fingerprint density at radius 2 is 2.00 bits per heavy atom. The number of carboxylic acids is 1. The first-order chi connectivity index (χ1) is 10.1. The van der Waals surface area contributed by atoms with E-state index in [1.165, 1.54) is 6.20 Å². The van der Waals surface area contributed by atoms with Crippen LogP contribution in [0.25, 0.3) is 10.9 Å². The Morgan fingerprint density at radius 1 is 1.29 bits per heavy atom. The van der Waals surface area contributed by atoms with Gasteiger partial charge in [-0.1, -0.05) is 0 Å². The van der Waals surface area contributed by atoms with Crippen LogP contribution in [0.15, 0.2) is 30.5 Å². The Labute approximate surface area is 123 Å². The molecular formula is C16H18N2O3. The molecule has 0 spiro atoms. The lowest BCUT2D eigenvalue weighted by molar-refractivity contribution is 0.0699. The maximum absolute atomic E-state index is 11.4. The van der Waals surface area contributed by atoms with Crippen molar-refractivity contribution < 1.29 is 14.6 Å². The molecule has 21 heavy (non-hydrogen) atoms. The number of anilines is 1. The van der Waals surface area contributed by atoms with E-state index in [0.29, 0.717) is 24.1 Å². The molecule has 5 heteroatoms. The summed E-state index contributed by atoms with van der Waals surface area (Å²) in [5, 5.41) is 10.0. The molecule has 0 saturated carbocycles. The standard InChI is InChI=1S/C16H18N2O3/c1-10-8-21-9-11(2)18(10)12-3-4-15-14(7-12)13(16(19)20)5-6-17-15/h3-7,10-11H,8-9H2,1-2H3,(H,19,20)/t10-,11+. The van der Waals surface area contributed by atoms with Gasteiger partial charge in [-0.15, -0.1) is 0 Å². The largest absolute Gasteiger partial charge is 0.478 e. The van der Waals surface area contributed by atoms with Gasteiger partial charge in [0.05, 0.1) is 24.3 Å². The minimum absolute atomic E-state index is 0.260. The predicted octanol–water partition coefficient (Wildman–Crippen LogP) is 2.55. The van der Waals surface area contributed by atoms with E-state index in [1.807, 2.05) is 18.2 Å². The number of benzene rings is 1. The Morgan fingerprint density at radius 3 is 2.67 bits per heavy atom. The van der Waals surface area contributed by atoms with Crippen molar-refractivity contribution in [2.24, 2.45) is 0 Å². The number of nitrogens with zero attached hydrogens (tertiary/aromatic N) is 2. The highest BCUT2D eigenvalue weighted by molar-refractivity contribution is 6.03. The minimum Gasteiger partial charge on any atom is -0.478 e. The van der Waals surface area contributed by atoms with Crippen LogP contribution in [-0.4, -0.2) is 41.4 Å². The second kappa shape index (κ2) is 5.33. The zero-order chi connectivity index (χ0) is 15.0. The lowest BCUT2D eigenvalue weighted by atomic mass is 10.1. The molecule has 1 aliphatic heterocycles. The van der Waals surface area contributed by atoms with Gasteiger partial charge in [0.2, 0.25) is 0 Å². The van der Waals surface area contributed by atoms with Crippen LogP contribution >= 0.6 is 0 Å². The summed E-state index contributed by atoms with van der Waals surface area (Å²) < 4.78 is 5.55. The van der Waals surface area contributed by atoms with Crippen LogP contribution in [0.3, 0.4) is 0 Å². The zero-order valence-electron chi connectivity index (χ0n) is 12.1. The molecule has 1 aromatic carbocycles. The van der Waals surface area contributed by atoms with Gasteiger partial charge in [-0.3, -0.25) is 4.98 Å². The van der Waals surface area contributed by atoms with E-state index in [0.717, 1.165) is 5.69 Å². The quantitative estimate of drug-likeness (QED) is 0.919. The number of morpholine rings is 1. The lowest BCUT2D eigenvalue weighted by Crippen LogP contribution is -2.49. The third-order valence-corrected chi connectivity index (χ3v) is 3.92. The molecule has 2 aromatic rings. The third kappa shape index (κ3) is 2.45. The smallest absolute Gasteiger partial charge is 0.336 e.